The quantitative estimate of drug-likeness (QED) is 0.435. The Morgan fingerprint density at radius 3 is 2.70 bits per heavy atom. The molecular formula is C8H16O2. The molecule has 0 aromatic rings. The Morgan fingerprint density at radius 2 is 2.20 bits per heavy atom. The van der Waals surface area contributed by atoms with Gasteiger partial charge in [-0.3, -0.25) is 0 Å². The van der Waals surface area contributed by atoms with Crippen molar-refractivity contribution in [3.8, 4) is 0 Å². The third kappa shape index (κ3) is 5.63. The van der Waals surface area contributed by atoms with E-state index >= 15 is 0 Å². The summed E-state index contributed by atoms with van der Waals surface area (Å²) in [6, 6.07) is 0. The van der Waals surface area contributed by atoms with Crippen molar-refractivity contribution in [2.45, 2.75) is 33.5 Å². The zero-order valence-corrected chi connectivity index (χ0v) is 6.96. The fourth-order valence-corrected chi connectivity index (χ4v) is 0.512. The van der Waals surface area contributed by atoms with E-state index in [4.69, 9.17) is 9.47 Å². The second kappa shape index (κ2) is 6.62. The molecule has 0 rings (SSSR count). The molecule has 0 saturated heterocycles. The van der Waals surface area contributed by atoms with Gasteiger partial charge in [-0.2, -0.15) is 0 Å². The fraction of sp³-hybridized carbons (Fsp3) is 0.750. The van der Waals surface area contributed by atoms with Gasteiger partial charge in [0, 0.05) is 0 Å². The van der Waals surface area contributed by atoms with Gasteiger partial charge in [0.15, 0.2) is 6.29 Å². The lowest BCUT2D eigenvalue weighted by molar-refractivity contribution is -0.0925. The summed E-state index contributed by atoms with van der Waals surface area (Å²) >= 11 is 0. The highest BCUT2D eigenvalue weighted by Gasteiger charge is 1.95. The summed E-state index contributed by atoms with van der Waals surface area (Å²) in [5, 5.41) is 0. The van der Waals surface area contributed by atoms with Crippen molar-refractivity contribution in [2.75, 3.05) is 6.61 Å². The van der Waals surface area contributed by atoms with Gasteiger partial charge >= 0.3 is 0 Å². The van der Waals surface area contributed by atoms with Crippen LogP contribution in [0.5, 0.6) is 0 Å². The van der Waals surface area contributed by atoms with Crippen LogP contribution in [0.3, 0.4) is 0 Å². The lowest BCUT2D eigenvalue weighted by atomic mass is 10.5. The largest absolute Gasteiger partial charge is 0.473 e. The topological polar surface area (TPSA) is 18.5 Å². The van der Waals surface area contributed by atoms with Crippen molar-refractivity contribution < 1.29 is 9.47 Å². The minimum absolute atomic E-state index is 0.115. The first-order chi connectivity index (χ1) is 4.81. The first-order valence-electron chi connectivity index (χ1n) is 3.69. The Bertz CT molecular complexity index is 89.3. The molecule has 0 radical (unpaired) electrons. The van der Waals surface area contributed by atoms with Crippen molar-refractivity contribution >= 4 is 0 Å². The van der Waals surface area contributed by atoms with Gasteiger partial charge in [-0.25, -0.2) is 0 Å². The molecule has 0 aliphatic rings. The summed E-state index contributed by atoms with van der Waals surface area (Å²) in [5.74, 6) is 0. The third-order valence-corrected chi connectivity index (χ3v) is 0.963. The van der Waals surface area contributed by atoms with E-state index in [1.807, 2.05) is 19.9 Å². The molecule has 0 fully saturated rings. The number of ether oxygens (including phenoxy) is 2. The van der Waals surface area contributed by atoms with Gasteiger partial charge in [0.05, 0.1) is 12.9 Å². The molecule has 0 aromatic heterocycles. The Balaban J connectivity index is 3.16. The maximum absolute atomic E-state index is 5.22. The molecule has 0 aliphatic carbocycles. The van der Waals surface area contributed by atoms with Crippen LogP contribution in [0.15, 0.2) is 12.3 Å². The van der Waals surface area contributed by atoms with Gasteiger partial charge in [0.1, 0.15) is 0 Å². The molecular weight excluding hydrogens is 128 g/mol. The monoisotopic (exact) mass is 144 g/mol. The molecule has 2 nitrogen and oxygen atoms in total. The summed E-state index contributed by atoms with van der Waals surface area (Å²) in [4.78, 5) is 0. The molecule has 0 bridgehead atoms. The molecule has 1 atom stereocenters. The van der Waals surface area contributed by atoms with Crippen molar-refractivity contribution in [2.24, 2.45) is 0 Å². The van der Waals surface area contributed by atoms with Crippen LogP contribution < -0.4 is 0 Å². The van der Waals surface area contributed by atoms with E-state index in [1.54, 1.807) is 6.26 Å². The second-order valence-corrected chi connectivity index (χ2v) is 2.04. The minimum atomic E-state index is -0.115. The van der Waals surface area contributed by atoms with Crippen LogP contribution in [0.25, 0.3) is 0 Å². The van der Waals surface area contributed by atoms with Gasteiger partial charge in [0.2, 0.25) is 0 Å². The van der Waals surface area contributed by atoms with Crippen LogP contribution in [0, 0.1) is 0 Å². The smallest absolute Gasteiger partial charge is 0.196 e. The van der Waals surface area contributed by atoms with Gasteiger partial charge in [-0.1, -0.05) is 13.0 Å². The molecule has 0 aromatic carbocycles. The van der Waals surface area contributed by atoms with Gasteiger partial charge in [-0.15, -0.1) is 0 Å². The summed E-state index contributed by atoms with van der Waals surface area (Å²) < 4.78 is 10.3. The maximum Gasteiger partial charge on any atom is 0.196 e. The van der Waals surface area contributed by atoms with Crippen LogP contribution in [0.2, 0.25) is 0 Å². The van der Waals surface area contributed by atoms with Crippen molar-refractivity contribution in [3.63, 3.8) is 0 Å². The van der Waals surface area contributed by atoms with Crippen molar-refractivity contribution in [1.82, 2.24) is 0 Å². The zero-order valence-electron chi connectivity index (χ0n) is 6.96. The number of rotatable bonds is 5. The first-order valence-corrected chi connectivity index (χ1v) is 3.69. The standard InChI is InChI=1S/C8H16O2/c1-4-6-9-8(3)10-7-5-2/h4,6,8H,5,7H2,1-3H3. The molecule has 0 spiro atoms. The van der Waals surface area contributed by atoms with Crippen molar-refractivity contribution in [3.05, 3.63) is 12.3 Å². The van der Waals surface area contributed by atoms with Crippen LogP contribution >= 0.6 is 0 Å². The Labute approximate surface area is 62.8 Å². The Hall–Kier alpha value is -0.500. The van der Waals surface area contributed by atoms with E-state index in [0.29, 0.717) is 0 Å². The van der Waals surface area contributed by atoms with Crippen LogP contribution in [0.1, 0.15) is 27.2 Å². The second-order valence-electron chi connectivity index (χ2n) is 2.04. The molecule has 0 aliphatic heterocycles. The van der Waals surface area contributed by atoms with Gasteiger partial charge in [0.25, 0.3) is 0 Å². The molecule has 1 unspecified atom stereocenters. The van der Waals surface area contributed by atoms with Crippen LogP contribution in [-0.2, 0) is 9.47 Å². The fourth-order valence-electron chi connectivity index (χ4n) is 0.512. The molecule has 2 heteroatoms. The molecule has 0 heterocycles. The number of allylic oxidation sites excluding steroid dienone is 1. The summed E-state index contributed by atoms with van der Waals surface area (Å²) in [5.41, 5.74) is 0. The van der Waals surface area contributed by atoms with Crippen molar-refractivity contribution in [1.29, 1.82) is 0 Å². The van der Waals surface area contributed by atoms with E-state index in [0.717, 1.165) is 13.0 Å². The average molecular weight is 144 g/mol. The highest BCUT2D eigenvalue weighted by molar-refractivity contribution is 4.65. The molecule has 0 N–H and O–H groups in total. The predicted molar refractivity (Wildman–Crippen MR) is 41.6 cm³/mol. The van der Waals surface area contributed by atoms with E-state index in [-0.39, 0.29) is 6.29 Å². The third-order valence-electron chi connectivity index (χ3n) is 0.963. The van der Waals surface area contributed by atoms with Gasteiger partial charge in [-0.05, 0) is 20.3 Å². The summed E-state index contributed by atoms with van der Waals surface area (Å²) in [6.07, 6.45) is 4.39. The Morgan fingerprint density at radius 1 is 1.50 bits per heavy atom. The van der Waals surface area contributed by atoms with Gasteiger partial charge < -0.3 is 9.47 Å². The highest BCUT2D eigenvalue weighted by Crippen LogP contribution is 1.94. The minimum Gasteiger partial charge on any atom is -0.473 e. The zero-order chi connectivity index (χ0) is 7.82. The molecule has 60 valence electrons. The average Bonchev–Trinajstić information content (AvgIpc) is 1.97. The molecule has 0 amide bonds. The molecule has 10 heavy (non-hydrogen) atoms. The van der Waals surface area contributed by atoms with E-state index < -0.39 is 0 Å². The van der Waals surface area contributed by atoms with E-state index in [1.165, 1.54) is 0 Å². The van der Waals surface area contributed by atoms with E-state index in [9.17, 15) is 0 Å². The highest BCUT2D eigenvalue weighted by atomic mass is 16.7. The normalized spacial score (nSPS) is 13.9. The first kappa shape index (κ1) is 9.50. The lowest BCUT2D eigenvalue weighted by Crippen LogP contribution is -2.09. The molecule has 0 saturated carbocycles. The van der Waals surface area contributed by atoms with E-state index in [2.05, 4.69) is 6.92 Å². The van der Waals surface area contributed by atoms with Crippen LogP contribution in [-0.4, -0.2) is 12.9 Å². The van der Waals surface area contributed by atoms with Crippen LogP contribution in [0.4, 0.5) is 0 Å². The number of hydrogen-bond acceptors (Lipinski definition) is 2. The SMILES string of the molecule is CC=COC(C)OCCC. The lowest BCUT2D eigenvalue weighted by Gasteiger charge is -2.10. The summed E-state index contributed by atoms with van der Waals surface area (Å²) in [6.45, 7) is 6.63. The summed E-state index contributed by atoms with van der Waals surface area (Å²) in [7, 11) is 0. The predicted octanol–water partition coefficient (Wildman–Crippen LogP) is 2.31. The maximum atomic E-state index is 5.22. The Kier molecular flexibility index (Phi) is 6.29. The number of hydrogen-bond donors (Lipinski definition) is 0.